The van der Waals surface area contributed by atoms with Crippen LogP contribution >= 0.6 is 11.6 Å². The minimum absolute atomic E-state index is 0.246. The van der Waals surface area contributed by atoms with Crippen molar-refractivity contribution in [1.82, 2.24) is 15.1 Å². The van der Waals surface area contributed by atoms with Crippen molar-refractivity contribution >= 4 is 11.6 Å². The SMILES string of the molecule is CNC(C)c1ccc(-c2cn(C(C)C)nc2C)cc1Cl. The van der Waals surface area contributed by atoms with E-state index in [1.54, 1.807) is 0 Å². The third kappa shape index (κ3) is 2.89. The Kier molecular flexibility index (Phi) is 4.51. The topological polar surface area (TPSA) is 29.9 Å². The van der Waals surface area contributed by atoms with Gasteiger partial charge in [0.05, 0.1) is 5.69 Å². The summed E-state index contributed by atoms with van der Waals surface area (Å²) in [6.45, 7) is 8.39. The van der Waals surface area contributed by atoms with E-state index in [2.05, 4.69) is 49.5 Å². The van der Waals surface area contributed by atoms with Crippen molar-refractivity contribution in [3.8, 4) is 11.1 Å². The molecule has 0 amide bonds. The van der Waals surface area contributed by atoms with E-state index in [0.717, 1.165) is 27.4 Å². The van der Waals surface area contributed by atoms with Crippen molar-refractivity contribution < 1.29 is 0 Å². The van der Waals surface area contributed by atoms with Crippen LogP contribution in [0, 0.1) is 6.92 Å². The highest BCUT2D eigenvalue weighted by Gasteiger charge is 2.13. The summed E-state index contributed by atoms with van der Waals surface area (Å²) in [5, 5.41) is 8.55. The number of nitrogens with one attached hydrogen (secondary N) is 1. The minimum atomic E-state index is 0.246. The van der Waals surface area contributed by atoms with E-state index < -0.39 is 0 Å². The Morgan fingerprint density at radius 3 is 2.45 bits per heavy atom. The molecule has 1 heterocycles. The largest absolute Gasteiger partial charge is 0.313 e. The number of hydrogen-bond donors (Lipinski definition) is 1. The molecule has 0 bridgehead atoms. The van der Waals surface area contributed by atoms with Crippen molar-refractivity contribution in [2.45, 2.75) is 39.8 Å². The molecule has 3 nitrogen and oxygen atoms in total. The van der Waals surface area contributed by atoms with Crippen molar-refractivity contribution in [3.05, 3.63) is 40.7 Å². The highest BCUT2D eigenvalue weighted by atomic mass is 35.5. The van der Waals surface area contributed by atoms with Gasteiger partial charge in [0.15, 0.2) is 0 Å². The third-order valence-electron chi connectivity index (χ3n) is 3.66. The molecular weight excluding hydrogens is 270 g/mol. The van der Waals surface area contributed by atoms with E-state index in [9.17, 15) is 0 Å². The first-order chi connectivity index (χ1) is 9.43. The molecule has 108 valence electrons. The average Bonchev–Trinajstić information content (AvgIpc) is 2.80. The number of halogens is 1. The highest BCUT2D eigenvalue weighted by Crippen LogP contribution is 2.30. The molecule has 1 aromatic carbocycles. The summed E-state index contributed by atoms with van der Waals surface area (Å²) in [5.41, 5.74) is 4.41. The van der Waals surface area contributed by atoms with Crippen LogP contribution in [0.25, 0.3) is 11.1 Å². The molecule has 0 saturated carbocycles. The van der Waals surface area contributed by atoms with Gasteiger partial charge in [-0.25, -0.2) is 0 Å². The van der Waals surface area contributed by atoms with Gasteiger partial charge in [-0.15, -0.1) is 0 Å². The van der Waals surface area contributed by atoms with Crippen LogP contribution in [0.5, 0.6) is 0 Å². The van der Waals surface area contributed by atoms with E-state index in [-0.39, 0.29) is 6.04 Å². The van der Waals surface area contributed by atoms with E-state index in [4.69, 9.17) is 11.6 Å². The molecule has 0 radical (unpaired) electrons. The number of aromatic nitrogens is 2. The van der Waals surface area contributed by atoms with Gasteiger partial charge >= 0.3 is 0 Å². The molecule has 0 fully saturated rings. The Balaban J connectivity index is 2.41. The minimum Gasteiger partial charge on any atom is -0.313 e. The number of nitrogens with zero attached hydrogens (tertiary/aromatic N) is 2. The predicted molar refractivity (Wildman–Crippen MR) is 85.3 cm³/mol. The molecule has 1 atom stereocenters. The van der Waals surface area contributed by atoms with Crippen LogP contribution in [0.1, 0.15) is 44.1 Å². The number of aryl methyl sites for hydroxylation is 1. The monoisotopic (exact) mass is 291 g/mol. The predicted octanol–water partition coefficient (Wildman–Crippen LogP) is 4.37. The second kappa shape index (κ2) is 5.98. The van der Waals surface area contributed by atoms with Crippen LogP contribution < -0.4 is 5.32 Å². The molecule has 1 N–H and O–H groups in total. The molecule has 0 aliphatic carbocycles. The second-order valence-corrected chi connectivity index (χ2v) is 5.86. The molecule has 1 aromatic heterocycles. The summed E-state index contributed by atoms with van der Waals surface area (Å²) in [6, 6.07) is 6.84. The Hall–Kier alpha value is -1.32. The number of rotatable bonds is 4. The zero-order chi connectivity index (χ0) is 14.9. The van der Waals surface area contributed by atoms with Gasteiger partial charge in [-0.2, -0.15) is 5.10 Å². The maximum Gasteiger partial charge on any atom is 0.0672 e. The van der Waals surface area contributed by atoms with Crippen LogP contribution in [-0.4, -0.2) is 16.8 Å². The molecule has 4 heteroatoms. The van der Waals surface area contributed by atoms with Crippen molar-refractivity contribution in [2.75, 3.05) is 7.05 Å². The van der Waals surface area contributed by atoms with E-state index in [1.807, 2.05) is 24.7 Å². The zero-order valence-electron chi connectivity index (χ0n) is 12.7. The average molecular weight is 292 g/mol. The van der Waals surface area contributed by atoms with Crippen LogP contribution in [0.2, 0.25) is 5.02 Å². The van der Waals surface area contributed by atoms with Gasteiger partial charge in [0.25, 0.3) is 0 Å². The second-order valence-electron chi connectivity index (χ2n) is 5.45. The Morgan fingerprint density at radius 1 is 1.25 bits per heavy atom. The first kappa shape index (κ1) is 15.1. The maximum absolute atomic E-state index is 6.41. The van der Waals surface area contributed by atoms with Crippen LogP contribution in [-0.2, 0) is 0 Å². The Morgan fingerprint density at radius 2 is 1.95 bits per heavy atom. The normalized spacial score (nSPS) is 12.9. The van der Waals surface area contributed by atoms with E-state index in [1.165, 1.54) is 0 Å². The lowest BCUT2D eigenvalue weighted by atomic mass is 10.0. The molecular formula is C16H22ClN3. The molecule has 0 aliphatic heterocycles. The quantitative estimate of drug-likeness (QED) is 0.906. The van der Waals surface area contributed by atoms with E-state index >= 15 is 0 Å². The first-order valence-corrected chi connectivity index (χ1v) is 7.34. The Bertz CT molecular complexity index is 602. The summed E-state index contributed by atoms with van der Waals surface area (Å²) in [7, 11) is 1.94. The lowest BCUT2D eigenvalue weighted by Gasteiger charge is -2.13. The smallest absolute Gasteiger partial charge is 0.0672 e. The molecule has 20 heavy (non-hydrogen) atoms. The van der Waals surface area contributed by atoms with Crippen LogP contribution in [0.3, 0.4) is 0 Å². The highest BCUT2D eigenvalue weighted by molar-refractivity contribution is 6.31. The fourth-order valence-electron chi connectivity index (χ4n) is 2.23. The van der Waals surface area contributed by atoms with Gasteiger partial charge in [-0.3, -0.25) is 4.68 Å². The fourth-order valence-corrected chi connectivity index (χ4v) is 2.58. The fraction of sp³-hybridized carbons (Fsp3) is 0.438. The van der Waals surface area contributed by atoms with Crippen LogP contribution in [0.15, 0.2) is 24.4 Å². The van der Waals surface area contributed by atoms with Crippen molar-refractivity contribution in [1.29, 1.82) is 0 Å². The molecule has 0 spiro atoms. The molecule has 2 aromatic rings. The van der Waals surface area contributed by atoms with Crippen LogP contribution in [0.4, 0.5) is 0 Å². The summed E-state index contributed by atoms with van der Waals surface area (Å²) in [6.07, 6.45) is 2.09. The zero-order valence-corrected chi connectivity index (χ0v) is 13.5. The summed E-state index contributed by atoms with van der Waals surface area (Å²) in [4.78, 5) is 0. The lowest BCUT2D eigenvalue weighted by Crippen LogP contribution is -2.12. The van der Waals surface area contributed by atoms with Gasteiger partial charge < -0.3 is 5.32 Å². The Labute approximate surface area is 126 Å². The van der Waals surface area contributed by atoms with Crippen molar-refractivity contribution in [3.63, 3.8) is 0 Å². The molecule has 0 aliphatic rings. The van der Waals surface area contributed by atoms with Gasteiger partial charge in [0, 0.05) is 28.9 Å². The van der Waals surface area contributed by atoms with Gasteiger partial charge in [0.2, 0.25) is 0 Å². The maximum atomic E-state index is 6.41. The standard InChI is InChI=1S/C16H22ClN3/c1-10(2)20-9-15(12(4)19-20)13-6-7-14(11(3)18-5)16(17)8-13/h6-11,18H,1-5H3. The van der Waals surface area contributed by atoms with Gasteiger partial charge in [-0.05, 0) is 51.9 Å². The molecule has 0 saturated heterocycles. The third-order valence-corrected chi connectivity index (χ3v) is 3.98. The number of benzene rings is 1. The lowest BCUT2D eigenvalue weighted by molar-refractivity contribution is 0.529. The molecule has 2 rings (SSSR count). The van der Waals surface area contributed by atoms with Gasteiger partial charge in [-0.1, -0.05) is 23.7 Å². The summed E-state index contributed by atoms with van der Waals surface area (Å²) >= 11 is 6.41. The number of hydrogen-bond acceptors (Lipinski definition) is 2. The first-order valence-electron chi connectivity index (χ1n) is 6.97. The van der Waals surface area contributed by atoms with Crippen molar-refractivity contribution in [2.24, 2.45) is 0 Å². The van der Waals surface area contributed by atoms with E-state index in [0.29, 0.717) is 6.04 Å². The summed E-state index contributed by atoms with van der Waals surface area (Å²) in [5.74, 6) is 0. The van der Waals surface area contributed by atoms with Gasteiger partial charge in [0.1, 0.15) is 0 Å². The summed E-state index contributed by atoms with van der Waals surface area (Å²) < 4.78 is 1.99. The molecule has 1 unspecified atom stereocenters.